The summed E-state index contributed by atoms with van der Waals surface area (Å²) >= 11 is 0. The summed E-state index contributed by atoms with van der Waals surface area (Å²) in [5, 5.41) is 2.30. The predicted octanol–water partition coefficient (Wildman–Crippen LogP) is 15.4. The fourth-order valence-electron chi connectivity index (χ4n) is 9.44. The summed E-state index contributed by atoms with van der Waals surface area (Å²) in [6.45, 7) is 16.7. The summed E-state index contributed by atoms with van der Waals surface area (Å²) in [5.74, 6) is 2.39. The van der Waals surface area contributed by atoms with Gasteiger partial charge >= 0.3 is 0 Å². The molecule has 1 aliphatic heterocycles. The molecule has 0 saturated heterocycles. The number of pyridine rings is 1. The van der Waals surface area contributed by atoms with Gasteiger partial charge in [0.1, 0.15) is 17.3 Å². The lowest BCUT2D eigenvalue weighted by atomic mass is 9.78. The van der Waals surface area contributed by atoms with E-state index in [1.807, 2.05) is 6.20 Å². The molecule has 0 unspecified atom stereocenters. The van der Waals surface area contributed by atoms with Gasteiger partial charge in [0, 0.05) is 63.2 Å². The second-order valence-electron chi connectivity index (χ2n) is 19.5. The van der Waals surface area contributed by atoms with Crippen LogP contribution >= 0.6 is 0 Å². The van der Waals surface area contributed by atoms with E-state index < -0.39 is 0 Å². The Hall–Kier alpha value is -7.37. The van der Waals surface area contributed by atoms with Crippen LogP contribution in [0.25, 0.3) is 38.8 Å². The highest BCUT2D eigenvalue weighted by Crippen LogP contribution is 2.43. The van der Waals surface area contributed by atoms with Crippen LogP contribution in [0.5, 0.6) is 11.5 Å². The summed E-state index contributed by atoms with van der Waals surface area (Å²) in [4.78, 5) is 9.85. The van der Waals surface area contributed by atoms with Gasteiger partial charge in [-0.3, -0.25) is 4.57 Å². The van der Waals surface area contributed by atoms with Crippen molar-refractivity contribution >= 4 is 33.2 Å². The molecule has 0 amide bonds. The Labute approximate surface area is 383 Å². The van der Waals surface area contributed by atoms with Gasteiger partial charge in [0.25, 0.3) is 0 Å². The first-order valence-electron chi connectivity index (χ1n) is 22.7. The molecule has 322 valence electrons. The minimum Gasteiger partial charge on any atom is -0.457 e. The van der Waals surface area contributed by atoms with Crippen LogP contribution in [-0.4, -0.2) is 16.2 Å². The molecule has 65 heavy (non-hydrogen) atoms. The van der Waals surface area contributed by atoms with Crippen molar-refractivity contribution in [2.45, 2.75) is 64.7 Å². The van der Waals surface area contributed by atoms with E-state index in [9.17, 15) is 0 Å². The fourth-order valence-corrected chi connectivity index (χ4v) is 9.44. The Balaban J connectivity index is 1.05. The fraction of sp³-hybridized carbons (Fsp3) is 0.183. The lowest BCUT2D eigenvalue weighted by molar-refractivity contribution is 0.483. The van der Waals surface area contributed by atoms with E-state index in [-0.39, 0.29) is 16.2 Å². The summed E-state index contributed by atoms with van der Waals surface area (Å²) in [7, 11) is 0. The zero-order valence-electron chi connectivity index (χ0n) is 38.5. The molecule has 0 bridgehead atoms. The Morgan fingerprint density at radius 2 is 1.11 bits per heavy atom. The molecule has 0 N–H and O–H groups in total. The molecular formula is C60H56N4O. The topological polar surface area (TPSA) is 33.5 Å². The van der Waals surface area contributed by atoms with Gasteiger partial charge in [-0.1, -0.05) is 164 Å². The van der Waals surface area contributed by atoms with E-state index >= 15 is 0 Å². The summed E-state index contributed by atoms with van der Waals surface area (Å²) in [6, 6.07) is 67.2. The molecule has 0 saturated carbocycles. The van der Waals surface area contributed by atoms with Crippen LogP contribution in [-0.2, 0) is 16.2 Å². The zero-order valence-corrected chi connectivity index (χ0v) is 38.5. The smallest absolute Gasteiger partial charge is 0.137 e. The average molecular weight is 849 g/mol. The van der Waals surface area contributed by atoms with Crippen LogP contribution in [0.1, 0.15) is 70.7 Å². The quantitative estimate of drug-likeness (QED) is 0.137. The second-order valence-corrected chi connectivity index (χ2v) is 19.5. The Bertz CT molecular complexity index is 3190. The maximum absolute atomic E-state index is 6.88. The van der Waals surface area contributed by atoms with Gasteiger partial charge in [-0.25, -0.2) is 4.98 Å². The molecule has 10 rings (SSSR count). The number of hydrogen-bond donors (Lipinski definition) is 0. The number of nitrogens with zero attached hydrogens (tertiary/aromatic N) is 4. The van der Waals surface area contributed by atoms with E-state index in [1.165, 1.54) is 44.8 Å². The van der Waals surface area contributed by atoms with E-state index in [1.54, 1.807) is 0 Å². The standard InChI is InChI=1S/C60H56N4O/c1-58(2,3)46-25-17-26-48(36-46)62-40-56(60(6,7)45-23-15-10-16-24-45)63(41-62)49-27-18-28-50(38-49)65-51-30-31-52-53-35-43(42-19-11-8-12-20-42)29-32-54(53)64(55(52)39-51)57-37-47(33-34-61-57)59(4,5)44-21-13-9-14-22-44/h8-40H,41H2,1-7H3. The van der Waals surface area contributed by atoms with Gasteiger partial charge in [-0.2, -0.15) is 0 Å². The number of rotatable bonds is 10. The van der Waals surface area contributed by atoms with Crippen molar-refractivity contribution in [1.82, 2.24) is 9.55 Å². The first-order chi connectivity index (χ1) is 31.3. The lowest BCUT2D eigenvalue weighted by Crippen LogP contribution is -2.33. The lowest BCUT2D eigenvalue weighted by Gasteiger charge is -2.34. The van der Waals surface area contributed by atoms with Gasteiger partial charge in [0.05, 0.1) is 17.7 Å². The maximum Gasteiger partial charge on any atom is 0.137 e. The molecular weight excluding hydrogens is 793 g/mol. The molecule has 0 aliphatic carbocycles. The molecule has 7 aromatic carbocycles. The molecule has 9 aromatic rings. The van der Waals surface area contributed by atoms with Gasteiger partial charge in [0.15, 0.2) is 0 Å². The number of hydrogen-bond acceptors (Lipinski definition) is 4. The van der Waals surface area contributed by atoms with E-state index in [0.717, 1.165) is 44.8 Å². The van der Waals surface area contributed by atoms with Crippen molar-refractivity contribution in [3.05, 3.63) is 228 Å². The average Bonchev–Trinajstić information content (AvgIpc) is 3.93. The summed E-state index contributed by atoms with van der Waals surface area (Å²) < 4.78 is 9.17. The SMILES string of the molecule is CC(C)(C)c1cccc(N2C=C(C(C)(C)c3ccccc3)N(c3cccc(Oc4ccc5c6cc(-c7ccccc7)ccc6n(-c6cc(C(C)(C)c7ccccc7)ccn6)c5c4)c3)C2)c1. The van der Waals surface area contributed by atoms with Crippen LogP contribution in [0.4, 0.5) is 11.4 Å². The van der Waals surface area contributed by atoms with Crippen LogP contribution < -0.4 is 14.5 Å². The number of ether oxygens (including phenoxy) is 1. The van der Waals surface area contributed by atoms with Crippen molar-refractivity contribution in [1.29, 1.82) is 0 Å². The largest absolute Gasteiger partial charge is 0.457 e. The molecule has 3 heterocycles. The minimum absolute atomic E-state index is 0.0409. The first-order valence-corrected chi connectivity index (χ1v) is 22.7. The van der Waals surface area contributed by atoms with Crippen molar-refractivity contribution in [3.63, 3.8) is 0 Å². The van der Waals surface area contributed by atoms with Gasteiger partial charge in [0.2, 0.25) is 0 Å². The third kappa shape index (κ3) is 7.86. The predicted molar refractivity (Wildman–Crippen MR) is 272 cm³/mol. The Morgan fingerprint density at radius 1 is 0.462 bits per heavy atom. The number of aromatic nitrogens is 2. The van der Waals surface area contributed by atoms with Crippen LogP contribution in [0.3, 0.4) is 0 Å². The number of fused-ring (bicyclic) bond motifs is 3. The molecule has 2 aromatic heterocycles. The molecule has 1 aliphatic rings. The Morgan fingerprint density at radius 3 is 1.83 bits per heavy atom. The molecule has 5 nitrogen and oxygen atoms in total. The van der Waals surface area contributed by atoms with Gasteiger partial charge < -0.3 is 14.5 Å². The summed E-state index contributed by atoms with van der Waals surface area (Å²) in [6.07, 6.45) is 4.28. The third-order valence-corrected chi connectivity index (χ3v) is 13.4. The molecule has 0 fully saturated rings. The van der Waals surface area contributed by atoms with Gasteiger partial charge in [-0.05, 0) is 99.5 Å². The highest BCUT2D eigenvalue weighted by Gasteiger charge is 2.36. The number of benzene rings is 7. The van der Waals surface area contributed by atoms with Gasteiger partial charge in [-0.15, -0.1) is 0 Å². The minimum atomic E-state index is -0.283. The van der Waals surface area contributed by atoms with Crippen LogP contribution in [0.2, 0.25) is 0 Å². The van der Waals surface area contributed by atoms with Crippen LogP contribution in [0.15, 0.2) is 206 Å². The Kier molecular flexibility index (Phi) is 10.5. The number of allylic oxidation sites excluding steroid dienone is 1. The first kappa shape index (κ1) is 41.6. The van der Waals surface area contributed by atoms with Crippen molar-refractivity contribution < 1.29 is 4.74 Å². The molecule has 5 heteroatoms. The number of anilines is 2. The zero-order chi connectivity index (χ0) is 44.9. The summed E-state index contributed by atoms with van der Waals surface area (Å²) in [5.41, 5.74) is 12.5. The molecule has 0 spiro atoms. The van der Waals surface area contributed by atoms with Crippen molar-refractivity contribution in [3.8, 4) is 28.4 Å². The highest BCUT2D eigenvalue weighted by atomic mass is 16.5. The monoisotopic (exact) mass is 848 g/mol. The van der Waals surface area contributed by atoms with Crippen molar-refractivity contribution in [2.24, 2.45) is 0 Å². The van der Waals surface area contributed by atoms with Crippen molar-refractivity contribution in [2.75, 3.05) is 16.5 Å². The highest BCUT2D eigenvalue weighted by molar-refractivity contribution is 6.10. The normalized spacial score (nSPS) is 13.4. The third-order valence-electron chi connectivity index (χ3n) is 13.4. The second kappa shape index (κ2) is 16.3. The maximum atomic E-state index is 6.88. The van der Waals surface area contributed by atoms with E-state index in [2.05, 4.69) is 257 Å². The van der Waals surface area contributed by atoms with E-state index in [4.69, 9.17) is 9.72 Å². The van der Waals surface area contributed by atoms with E-state index in [0.29, 0.717) is 6.67 Å². The molecule has 0 atom stereocenters. The van der Waals surface area contributed by atoms with Crippen LogP contribution in [0, 0.1) is 0 Å². The molecule has 0 radical (unpaired) electrons.